The highest BCUT2D eigenvalue weighted by molar-refractivity contribution is 5.81. The maximum atomic E-state index is 12.2. The molecule has 0 aliphatic carbocycles. The molecule has 0 spiro atoms. The van der Waals surface area contributed by atoms with Crippen LogP contribution in [0.1, 0.15) is 33.3 Å². The maximum Gasteiger partial charge on any atom is 0.239 e. The van der Waals surface area contributed by atoms with Crippen LogP contribution in [0, 0.1) is 0 Å². The fraction of sp³-hybridized carbons (Fsp3) is 0.562. The molecule has 19 heavy (non-hydrogen) atoms. The molecule has 0 fully saturated rings. The van der Waals surface area contributed by atoms with Crippen molar-refractivity contribution in [1.29, 1.82) is 0 Å². The van der Waals surface area contributed by atoms with Crippen molar-refractivity contribution in [3.8, 4) is 0 Å². The van der Waals surface area contributed by atoms with Gasteiger partial charge in [-0.15, -0.1) is 0 Å². The number of amides is 1. The Morgan fingerprint density at radius 3 is 2.26 bits per heavy atom. The summed E-state index contributed by atoms with van der Waals surface area (Å²) in [5, 5.41) is 3.39. The van der Waals surface area contributed by atoms with Crippen LogP contribution in [0.2, 0.25) is 0 Å². The van der Waals surface area contributed by atoms with Crippen LogP contribution in [-0.2, 0) is 11.2 Å². The Balaban J connectivity index is 2.47. The van der Waals surface area contributed by atoms with E-state index in [-0.39, 0.29) is 18.0 Å². The second-order valence-electron chi connectivity index (χ2n) is 4.99. The average Bonchev–Trinajstić information content (AvgIpc) is 2.40. The fourth-order valence-corrected chi connectivity index (χ4v) is 2.33. The summed E-state index contributed by atoms with van der Waals surface area (Å²) in [5.74, 6) is 0.185. The Morgan fingerprint density at radius 2 is 1.74 bits per heavy atom. The SMILES string of the molecule is CCN(CC)C(=O)C(C)NC(C)Cc1ccccc1. The zero-order valence-electron chi connectivity index (χ0n) is 12.5. The van der Waals surface area contributed by atoms with Crippen molar-refractivity contribution in [2.24, 2.45) is 0 Å². The van der Waals surface area contributed by atoms with Gasteiger partial charge in [0.25, 0.3) is 0 Å². The number of rotatable bonds is 7. The molecule has 106 valence electrons. The first-order valence-electron chi connectivity index (χ1n) is 7.17. The molecule has 1 aromatic rings. The Kier molecular flexibility index (Phi) is 6.57. The van der Waals surface area contributed by atoms with Crippen molar-refractivity contribution >= 4 is 5.91 Å². The van der Waals surface area contributed by atoms with E-state index in [1.54, 1.807) is 0 Å². The number of nitrogens with zero attached hydrogens (tertiary/aromatic N) is 1. The Labute approximate surface area is 117 Å². The summed E-state index contributed by atoms with van der Waals surface area (Å²) in [6.07, 6.45) is 0.941. The van der Waals surface area contributed by atoms with Gasteiger partial charge in [0, 0.05) is 19.1 Å². The number of carbonyl (C=O) groups is 1. The van der Waals surface area contributed by atoms with Gasteiger partial charge in [0.1, 0.15) is 0 Å². The third kappa shape index (κ3) is 5.03. The first kappa shape index (κ1) is 15.7. The van der Waals surface area contributed by atoms with E-state index in [2.05, 4.69) is 24.4 Å². The molecule has 3 nitrogen and oxygen atoms in total. The van der Waals surface area contributed by atoms with Gasteiger partial charge < -0.3 is 10.2 Å². The maximum absolute atomic E-state index is 12.2. The molecule has 0 aliphatic rings. The molecule has 0 saturated carbocycles. The summed E-state index contributed by atoms with van der Waals surface area (Å²) in [6.45, 7) is 9.65. The van der Waals surface area contributed by atoms with Crippen molar-refractivity contribution in [3.05, 3.63) is 35.9 Å². The largest absolute Gasteiger partial charge is 0.342 e. The first-order chi connectivity index (χ1) is 9.08. The molecular weight excluding hydrogens is 236 g/mol. The number of nitrogens with one attached hydrogen (secondary N) is 1. The minimum absolute atomic E-state index is 0.126. The zero-order chi connectivity index (χ0) is 14.3. The minimum atomic E-state index is -0.126. The van der Waals surface area contributed by atoms with Crippen LogP contribution in [0.15, 0.2) is 30.3 Å². The van der Waals surface area contributed by atoms with Gasteiger partial charge in [-0.25, -0.2) is 0 Å². The average molecular weight is 262 g/mol. The molecule has 3 heteroatoms. The molecule has 1 aromatic carbocycles. The predicted octanol–water partition coefficient (Wildman–Crippen LogP) is 2.46. The molecular formula is C16H26N2O. The number of hydrogen-bond acceptors (Lipinski definition) is 2. The van der Waals surface area contributed by atoms with Crippen LogP contribution in [-0.4, -0.2) is 36.0 Å². The minimum Gasteiger partial charge on any atom is -0.342 e. The lowest BCUT2D eigenvalue weighted by Crippen LogP contribution is -2.48. The number of likely N-dealkylation sites (N-methyl/N-ethyl adjacent to an activating group) is 1. The topological polar surface area (TPSA) is 32.3 Å². The monoisotopic (exact) mass is 262 g/mol. The van der Waals surface area contributed by atoms with E-state index >= 15 is 0 Å². The Morgan fingerprint density at radius 1 is 1.16 bits per heavy atom. The van der Waals surface area contributed by atoms with Crippen molar-refractivity contribution in [2.45, 2.75) is 46.2 Å². The Hall–Kier alpha value is -1.35. The molecule has 0 radical (unpaired) electrons. The van der Waals surface area contributed by atoms with E-state index in [1.165, 1.54) is 5.56 Å². The number of hydrogen-bond donors (Lipinski definition) is 1. The summed E-state index contributed by atoms with van der Waals surface area (Å²) in [7, 11) is 0. The molecule has 2 atom stereocenters. The first-order valence-corrected chi connectivity index (χ1v) is 7.17. The van der Waals surface area contributed by atoms with E-state index in [0.717, 1.165) is 19.5 Å². The predicted molar refractivity (Wildman–Crippen MR) is 80.1 cm³/mol. The van der Waals surface area contributed by atoms with Crippen molar-refractivity contribution in [2.75, 3.05) is 13.1 Å². The van der Waals surface area contributed by atoms with E-state index in [0.29, 0.717) is 0 Å². The van der Waals surface area contributed by atoms with Gasteiger partial charge in [0.05, 0.1) is 6.04 Å². The van der Waals surface area contributed by atoms with E-state index in [1.807, 2.05) is 43.9 Å². The van der Waals surface area contributed by atoms with E-state index in [4.69, 9.17) is 0 Å². The van der Waals surface area contributed by atoms with Crippen LogP contribution in [0.25, 0.3) is 0 Å². The molecule has 0 heterocycles. The van der Waals surface area contributed by atoms with Crippen molar-refractivity contribution < 1.29 is 4.79 Å². The molecule has 0 aromatic heterocycles. The van der Waals surface area contributed by atoms with Gasteiger partial charge in [-0.3, -0.25) is 4.79 Å². The summed E-state index contributed by atoms with van der Waals surface area (Å²) in [6, 6.07) is 10.5. The smallest absolute Gasteiger partial charge is 0.239 e. The molecule has 1 amide bonds. The summed E-state index contributed by atoms with van der Waals surface area (Å²) >= 11 is 0. The van der Waals surface area contributed by atoms with Crippen LogP contribution in [0.4, 0.5) is 0 Å². The quantitative estimate of drug-likeness (QED) is 0.818. The van der Waals surface area contributed by atoms with Crippen LogP contribution >= 0.6 is 0 Å². The number of benzene rings is 1. The standard InChI is InChI=1S/C16H26N2O/c1-5-18(6-2)16(19)14(4)17-13(3)12-15-10-8-7-9-11-15/h7-11,13-14,17H,5-6,12H2,1-4H3. The lowest BCUT2D eigenvalue weighted by Gasteiger charge is -2.26. The second kappa shape index (κ2) is 7.95. The van der Waals surface area contributed by atoms with Crippen LogP contribution in [0.3, 0.4) is 0 Å². The second-order valence-corrected chi connectivity index (χ2v) is 4.99. The molecule has 0 saturated heterocycles. The van der Waals surface area contributed by atoms with Crippen molar-refractivity contribution in [3.63, 3.8) is 0 Å². The third-order valence-corrected chi connectivity index (χ3v) is 3.36. The summed E-state index contributed by atoms with van der Waals surface area (Å²) in [5.41, 5.74) is 1.30. The van der Waals surface area contributed by atoms with Gasteiger partial charge in [-0.05, 0) is 39.7 Å². The lowest BCUT2D eigenvalue weighted by atomic mass is 10.1. The summed E-state index contributed by atoms with van der Waals surface area (Å²) < 4.78 is 0. The zero-order valence-corrected chi connectivity index (χ0v) is 12.5. The van der Waals surface area contributed by atoms with Gasteiger partial charge >= 0.3 is 0 Å². The van der Waals surface area contributed by atoms with Gasteiger partial charge in [0.15, 0.2) is 0 Å². The van der Waals surface area contributed by atoms with E-state index < -0.39 is 0 Å². The third-order valence-electron chi connectivity index (χ3n) is 3.36. The number of carbonyl (C=O) groups excluding carboxylic acids is 1. The van der Waals surface area contributed by atoms with Gasteiger partial charge in [-0.1, -0.05) is 30.3 Å². The Bertz CT molecular complexity index is 374. The fourth-order valence-electron chi connectivity index (χ4n) is 2.33. The highest BCUT2D eigenvalue weighted by atomic mass is 16.2. The van der Waals surface area contributed by atoms with E-state index in [9.17, 15) is 4.79 Å². The molecule has 1 rings (SSSR count). The van der Waals surface area contributed by atoms with Crippen LogP contribution < -0.4 is 5.32 Å². The lowest BCUT2D eigenvalue weighted by molar-refractivity contribution is -0.132. The normalized spacial score (nSPS) is 13.9. The van der Waals surface area contributed by atoms with Crippen LogP contribution in [0.5, 0.6) is 0 Å². The van der Waals surface area contributed by atoms with Crippen molar-refractivity contribution in [1.82, 2.24) is 10.2 Å². The molecule has 0 aliphatic heterocycles. The van der Waals surface area contributed by atoms with Gasteiger partial charge in [-0.2, -0.15) is 0 Å². The molecule has 0 bridgehead atoms. The molecule has 1 N–H and O–H groups in total. The highest BCUT2D eigenvalue weighted by Gasteiger charge is 2.19. The molecule has 2 unspecified atom stereocenters. The highest BCUT2D eigenvalue weighted by Crippen LogP contribution is 2.04. The van der Waals surface area contributed by atoms with Gasteiger partial charge in [0.2, 0.25) is 5.91 Å². The summed E-state index contributed by atoms with van der Waals surface area (Å²) in [4.78, 5) is 14.0.